The van der Waals surface area contributed by atoms with Gasteiger partial charge in [0.2, 0.25) is 0 Å². The predicted molar refractivity (Wildman–Crippen MR) is 78.4 cm³/mol. The third-order valence-corrected chi connectivity index (χ3v) is 3.59. The average molecular weight is 307 g/mol. The third kappa shape index (κ3) is 4.72. The molecular weight excluding hydrogens is 293 g/mol. The van der Waals surface area contributed by atoms with Gasteiger partial charge < -0.3 is 14.5 Å². The maximum atomic E-state index is 11.6. The van der Waals surface area contributed by atoms with Crippen molar-refractivity contribution in [2.75, 3.05) is 5.32 Å². The van der Waals surface area contributed by atoms with Crippen LogP contribution in [0.2, 0.25) is 0 Å². The van der Waals surface area contributed by atoms with E-state index in [2.05, 4.69) is 5.32 Å². The number of rotatable bonds is 4. The number of carbonyl (C=O) groups excluding carboxylic acids is 1. The van der Waals surface area contributed by atoms with Gasteiger partial charge in [0.1, 0.15) is 6.61 Å². The van der Waals surface area contributed by atoms with E-state index in [9.17, 15) is 9.36 Å². The van der Waals surface area contributed by atoms with Crippen molar-refractivity contribution in [3.8, 4) is 0 Å². The van der Waals surface area contributed by atoms with Crippen LogP contribution in [-0.2, 0) is 15.9 Å². The van der Waals surface area contributed by atoms with Gasteiger partial charge in [-0.25, -0.2) is 4.79 Å². The van der Waals surface area contributed by atoms with Gasteiger partial charge in [0.05, 0.1) is 5.30 Å². The summed E-state index contributed by atoms with van der Waals surface area (Å²) in [5.74, 6) is 0. The lowest BCUT2D eigenvalue weighted by molar-refractivity contribution is 0.155. The molecule has 0 saturated heterocycles. The van der Waals surface area contributed by atoms with Crippen molar-refractivity contribution in [1.82, 2.24) is 0 Å². The molecule has 0 bridgehead atoms. The van der Waals surface area contributed by atoms with Crippen LogP contribution in [0.25, 0.3) is 0 Å². The number of hydrogen-bond acceptors (Lipinski definition) is 3. The normalized spacial score (nSPS) is 11.0. The van der Waals surface area contributed by atoms with Gasteiger partial charge in [-0.2, -0.15) is 0 Å². The maximum Gasteiger partial charge on any atom is 0.411 e. The molecule has 0 heterocycles. The molecule has 0 aliphatic carbocycles. The van der Waals surface area contributed by atoms with E-state index in [1.54, 1.807) is 0 Å². The van der Waals surface area contributed by atoms with Crippen molar-refractivity contribution in [2.45, 2.75) is 6.61 Å². The average Bonchev–Trinajstić information content (AvgIpc) is 2.46. The highest BCUT2D eigenvalue weighted by Gasteiger charge is 2.17. The van der Waals surface area contributed by atoms with Crippen LogP contribution in [0, 0.1) is 0 Å². The molecule has 110 valence electrons. The standard InChI is InChI=1S/C14H14NO5P/c16-14(20-10-11-5-2-1-3-6-11)15-12-7-4-8-13(9-12)21(17,18)19/h1-9H,10H2,(H,15,16)(H2,17,18,19). The Hall–Kier alpha value is -2.14. The topological polar surface area (TPSA) is 95.9 Å². The summed E-state index contributed by atoms with van der Waals surface area (Å²) in [7, 11) is -4.34. The summed E-state index contributed by atoms with van der Waals surface area (Å²) >= 11 is 0. The van der Waals surface area contributed by atoms with Crippen molar-refractivity contribution >= 4 is 24.7 Å². The van der Waals surface area contributed by atoms with Crippen LogP contribution < -0.4 is 10.6 Å². The van der Waals surface area contributed by atoms with Crippen LogP contribution in [0.1, 0.15) is 5.56 Å². The second-order valence-corrected chi connectivity index (χ2v) is 5.89. The highest BCUT2D eigenvalue weighted by molar-refractivity contribution is 7.60. The molecule has 2 aromatic rings. The van der Waals surface area contributed by atoms with Crippen LogP contribution in [0.15, 0.2) is 54.6 Å². The number of ether oxygens (including phenoxy) is 1. The minimum atomic E-state index is -4.34. The van der Waals surface area contributed by atoms with Crippen molar-refractivity contribution in [3.05, 3.63) is 60.2 Å². The monoisotopic (exact) mass is 307 g/mol. The zero-order chi connectivity index (χ0) is 15.3. The minimum absolute atomic E-state index is 0.116. The first-order chi connectivity index (χ1) is 9.95. The lowest BCUT2D eigenvalue weighted by Crippen LogP contribution is -2.15. The molecule has 0 radical (unpaired) electrons. The Balaban J connectivity index is 1.95. The quantitative estimate of drug-likeness (QED) is 0.753. The summed E-state index contributed by atoms with van der Waals surface area (Å²) in [6.07, 6.45) is -0.693. The van der Waals surface area contributed by atoms with Crippen molar-refractivity contribution < 1.29 is 23.9 Å². The molecule has 0 aliphatic heterocycles. The first kappa shape index (κ1) is 15.3. The molecule has 0 atom stereocenters. The van der Waals surface area contributed by atoms with Gasteiger partial charge in [-0.1, -0.05) is 36.4 Å². The Morgan fingerprint density at radius 3 is 2.48 bits per heavy atom. The molecule has 0 unspecified atom stereocenters. The molecule has 6 nitrogen and oxygen atoms in total. The summed E-state index contributed by atoms with van der Waals surface area (Å²) < 4.78 is 16.1. The van der Waals surface area contributed by atoms with Crippen LogP contribution in [0.4, 0.5) is 10.5 Å². The zero-order valence-corrected chi connectivity index (χ0v) is 11.9. The zero-order valence-electron chi connectivity index (χ0n) is 11.0. The van der Waals surface area contributed by atoms with Crippen LogP contribution >= 0.6 is 7.60 Å². The Morgan fingerprint density at radius 1 is 1.10 bits per heavy atom. The predicted octanol–water partition coefficient (Wildman–Crippen LogP) is 2.24. The molecule has 21 heavy (non-hydrogen) atoms. The Labute approximate surface area is 121 Å². The molecular formula is C14H14NO5P. The fraction of sp³-hybridized carbons (Fsp3) is 0.0714. The van der Waals surface area contributed by atoms with E-state index in [1.807, 2.05) is 30.3 Å². The smallest absolute Gasteiger partial charge is 0.411 e. The van der Waals surface area contributed by atoms with Gasteiger partial charge in [0.15, 0.2) is 0 Å². The summed E-state index contributed by atoms with van der Waals surface area (Å²) in [5.41, 5.74) is 1.10. The number of nitrogens with one attached hydrogen (secondary N) is 1. The number of benzene rings is 2. The highest BCUT2D eigenvalue weighted by Crippen LogP contribution is 2.33. The molecule has 0 fully saturated rings. The first-order valence-electron chi connectivity index (χ1n) is 6.09. The SMILES string of the molecule is O=C(Nc1cccc(P(=O)(O)O)c1)OCc1ccccc1. The van der Waals surface area contributed by atoms with Crippen molar-refractivity contribution in [3.63, 3.8) is 0 Å². The number of carbonyl (C=O) groups is 1. The number of hydrogen-bond donors (Lipinski definition) is 3. The fourth-order valence-electron chi connectivity index (χ4n) is 1.64. The summed E-state index contributed by atoms with van der Waals surface area (Å²) in [6, 6.07) is 14.6. The van der Waals surface area contributed by atoms with Gasteiger partial charge in [0.25, 0.3) is 0 Å². The summed E-state index contributed by atoms with van der Waals surface area (Å²) in [6.45, 7) is 0.116. The molecule has 0 aliphatic rings. The Bertz CT molecular complexity index is 668. The Morgan fingerprint density at radius 2 is 1.81 bits per heavy atom. The van der Waals surface area contributed by atoms with Gasteiger partial charge in [0, 0.05) is 5.69 Å². The number of amides is 1. The molecule has 1 amide bonds. The highest BCUT2D eigenvalue weighted by atomic mass is 31.2. The second kappa shape index (κ2) is 6.54. The van der Waals surface area contributed by atoms with Crippen LogP contribution in [0.3, 0.4) is 0 Å². The Kier molecular flexibility index (Phi) is 4.75. The first-order valence-corrected chi connectivity index (χ1v) is 7.70. The van der Waals surface area contributed by atoms with E-state index in [4.69, 9.17) is 14.5 Å². The van der Waals surface area contributed by atoms with E-state index < -0.39 is 13.7 Å². The summed E-state index contributed by atoms with van der Waals surface area (Å²) in [4.78, 5) is 29.8. The second-order valence-electron chi connectivity index (χ2n) is 4.28. The number of anilines is 1. The molecule has 0 spiro atoms. The van der Waals surface area contributed by atoms with Gasteiger partial charge in [-0.05, 0) is 23.8 Å². The van der Waals surface area contributed by atoms with E-state index >= 15 is 0 Å². The maximum absolute atomic E-state index is 11.6. The van der Waals surface area contributed by atoms with Crippen molar-refractivity contribution in [2.24, 2.45) is 0 Å². The van der Waals surface area contributed by atoms with E-state index in [1.165, 1.54) is 24.3 Å². The molecule has 2 aromatic carbocycles. The van der Waals surface area contributed by atoms with Crippen LogP contribution in [-0.4, -0.2) is 15.9 Å². The molecule has 0 aromatic heterocycles. The third-order valence-electron chi connectivity index (χ3n) is 2.64. The van der Waals surface area contributed by atoms with E-state index in [-0.39, 0.29) is 17.6 Å². The lowest BCUT2D eigenvalue weighted by atomic mass is 10.2. The fourth-order valence-corrected chi connectivity index (χ4v) is 2.23. The molecule has 2 rings (SSSR count). The van der Waals surface area contributed by atoms with E-state index in [0.29, 0.717) is 0 Å². The van der Waals surface area contributed by atoms with Crippen LogP contribution in [0.5, 0.6) is 0 Å². The van der Waals surface area contributed by atoms with Crippen molar-refractivity contribution in [1.29, 1.82) is 0 Å². The molecule has 0 saturated carbocycles. The van der Waals surface area contributed by atoms with Gasteiger partial charge >= 0.3 is 13.7 Å². The van der Waals surface area contributed by atoms with Gasteiger partial charge in [-0.15, -0.1) is 0 Å². The molecule has 7 heteroatoms. The van der Waals surface area contributed by atoms with E-state index in [0.717, 1.165) is 5.56 Å². The minimum Gasteiger partial charge on any atom is -0.444 e. The summed E-state index contributed by atoms with van der Waals surface area (Å²) in [5, 5.41) is 2.26. The molecule has 3 N–H and O–H groups in total. The lowest BCUT2D eigenvalue weighted by Gasteiger charge is -2.09. The largest absolute Gasteiger partial charge is 0.444 e. The van der Waals surface area contributed by atoms with Gasteiger partial charge in [-0.3, -0.25) is 9.88 Å².